The van der Waals surface area contributed by atoms with Crippen molar-refractivity contribution in [3.63, 3.8) is 0 Å². The topological polar surface area (TPSA) is 132 Å². The van der Waals surface area contributed by atoms with Gasteiger partial charge < -0.3 is 20.7 Å². The minimum absolute atomic E-state index is 0.106. The number of fused-ring (bicyclic) bond motifs is 1. The van der Waals surface area contributed by atoms with Crippen LogP contribution in [0.1, 0.15) is 39.9 Å². The molecule has 8 heteroatoms. The van der Waals surface area contributed by atoms with Crippen LogP contribution in [-0.4, -0.2) is 36.6 Å². The number of carbonyl (C=O) groups excluding carboxylic acids is 2. The first kappa shape index (κ1) is 21.5. The highest BCUT2D eigenvalue weighted by atomic mass is 16.5. The van der Waals surface area contributed by atoms with Crippen LogP contribution in [0.15, 0.2) is 42.5 Å². The first-order valence-corrected chi connectivity index (χ1v) is 10.4. The Balaban J connectivity index is 1.45. The molecule has 8 nitrogen and oxygen atoms in total. The molecule has 4 rings (SSSR count). The van der Waals surface area contributed by atoms with E-state index >= 15 is 0 Å². The number of carbonyl (C=O) groups is 2. The fourth-order valence-electron chi connectivity index (χ4n) is 4.05. The summed E-state index contributed by atoms with van der Waals surface area (Å²) in [7, 11) is 0. The fraction of sp³-hybridized carbons (Fsp3) is 0.333. The van der Waals surface area contributed by atoms with Gasteiger partial charge in [-0.2, -0.15) is 10.5 Å². The number of anilines is 1. The van der Waals surface area contributed by atoms with Crippen molar-refractivity contribution in [2.24, 2.45) is 5.73 Å². The van der Waals surface area contributed by atoms with Gasteiger partial charge in [0.25, 0.3) is 5.91 Å². The Hall–Kier alpha value is -3.72. The van der Waals surface area contributed by atoms with Gasteiger partial charge in [0.1, 0.15) is 6.04 Å². The van der Waals surface area contributed by atoms with E-state index in [0.717, 1.165) is 16.8 Å². The van der Waals surface area contributed by atoms with E-state index in [2.05, 4.69) is 17.5 Å². The van der Waals surface area contributed by atoms with Crippen LogP contribution in [0.25, 0.3) is 0 Å². The number of hydrogen-bond acceptors (Lipinski definition) is 6. The number of nitrogens with two attached hydrogens (primary N) is 1. The maximum atomic E-state index is 12.8. The number of nitrogens with one attached hydrogen (secondary N) is 1. The highest BCUT2D eigenvalue weighted by Gasteiger charge is 2.37. The third-order valence-corrected chi connectivity index (χ3v) is 6.02. The zero-order valence-electron chi connectivity index (χ0n) is 17.5. The molecule has 2 amide bonds. The highest BCUT2D eigenvalue weighted by Crippen LogP contribution is 2.29. The summed E-state index contributed by atoms with van der Waals surface area (Å²) in [4.78, 5) is 27.1. The summed E-state index contributed by atoms with van der Waals surface area (Å²) >= 11 is 0. The molecular formula is C24H23N5O3. The average Bonchev–Trinajstić information content (AvgIpc) is 3.14. The molecule has 32 heavy (non-hydrogen) atoms. The van der Waals surface area contributed by atoms with Gasteiger partial charge in [0, 0.05) is 30.9 Å². The average molecular weight is 429 g/mol. The molecule has 0 radical (unpaired) electrons. The number of nitrogens with zero attached hydrogens (tertiary/aromatic N) is 3. The molecule has 2 aromatic rings. The zero-order valence-corrected chi connectivity index (χ0v) is 17.5. The number of hydrogen-bond donors (Lipinski definition) is 2. The van der Waals surface area contributed by atoms with Crippen LogP contribution in [-0.2, 0) is 22.5 Å². The Labute approximate surface area is 186 Å². The second-order valence-electron chi connectivity index (χ2n) is 8.17. The van der Waals surface area contributed by atoms with Gasteiger partial charge in [0.15, 0.2) is 0 Å². The summed E-state index contributed by atoms with van der Waals surface area (Å²) in [6.45, 7) is 1.26. The molecule has 0 unspecified atom stereocenters. The quantitative estimate of drug-likeness (QED) is 0.744. The van der Waals surface area contributed by atoms with Gasteiger partial charge in [-0.05, 0) is 54.3 Å². The molecule has 0 aliphatic carbocycles. The molecule has 162 valence electrons. The van der Waals surface area contributed by atoms with Crippen molar-refractivity contribution < 1.29 is 14.3 Å². The first-order valence-electron chi connectivity index (χ1n) is 10.4. The number of benzene rings is 2. The van der Waals surface area contributed by atoms with Gasteiger partial charge in [-0.3, -0.25) is 9.59 Å². The van der Waals surface area contributed by atoms with E-state index in [4.69, 9.17) is 15.7 Å². The third kappa shape index (κ3) is 4.19. The lowest BCUT2D eigenvalue weighted by Gasteiger charge is -2.32. The van der Waals surface area contributed by atoms with Crippen LogP contribution >= 0.6 is 0 Å². The number of ether oxygens (including phenoxy) is 1. The molecule has 0 saturated carbocycles. The van der Waals surface area contributed by atoms with E-state index in [1.807, 2.05) is 12.1 Å². The number of amides is 2. The van der Waals surface area contributed by atoms with Crippen molar-refractivity contribution in [3.8, 4) is 12.1 Å². The van der Waals surface area contributed by atoms with Gasteiger partial charge in [0.05, 0.1) is 29.8 Å². The summed E-state index contributed by atoms with van der Waals surface area (Å²) in [6.07, 6.45) is 1.15. The second-order valence-corrected chi connectivity index (χ2v) is 8.17. The van der Waals surface area contributed by atoms with Crippen LogP contribution in [0, 0.1) is 22.7 Å². The molecule has 0 bridgehead atoms. The lowest BCUT2D eigenvalue weighted by atomic mass is 9.90. The lowest BCUT2D eigenvalue weighted by molar-refractivity contribution is -0.130. The van der Waals surface area contributed by atoms with Crippen molar-refractivity contribution >= 4 is 17.5 Å². The van der Waals surface area contributed by atoms with Gasteiger partial charge in [-0.25, -0.2) is 0 Å². The molecule has 1 fully saturated rings. The molecule has 3 N–H and O–H groups in total. The molecule has 0 spiro atoms. The highest BCUT2D eigenvalue weighted by molar-refractivity contribution is 6.10. The molecule has 2 aliphatic heterocycles. The van der Waals surface area contributed by atoms with E-state index in [-0.39, 0.29) is 11.8 Å². The minimum atomic E-state index is -1.01. The summed E-state index contributed by atoms with van der Waals surface area (Å²) < 4.78 is 5.27. The summed E-state index contributed by atoms with van der Waals surface area (Å²) in [5, 5.41) is 21.3. The Kier molecular flexibility index (Phi) is 5.91. The third-order valence-electron chi connectivity index (χ3n) is 6.02. The van der Waals surface area contributed by atoms with E-state index in [0.29, 0.717) is 50.1 Å². The normalized spacial score (nSPS) is 17.7. The predicted octanol–water partition coefficient (Wildman–Crippen LogP) is 1.78. The van der Waals surface area contributed by atoms with E-state index in [1.54, 1.807) is 35.2 Å². The Morgan fingerprint density at radius 2 is 1.91 bits per heavy atom. The standard InChI is InChI=1S/C24H23N5O3/c25-13-16-1-4-20(5-2-16)29-15-18-11-17(3-6-21(18)22(29)30)12-19(14-26)28-23(31)24(27)7-9-32-10-8-24/h1-6,11,19H,7-10,12,15,27H2,(H,28,31)/t19-/m1/s1. The van der Waals surface area contributed by atoms with Crippen molar-refractivity contribution in [1.82, 2.24) is 5.32 Å². The Morgan fingerprint density at radius 3 is 2.56 bits per heavy atom. The molecule has 2 aromatic carbocycles. The second kappa shape index (κ2) is 8.80. The van der Waals surface area contributed by atoms with Crippen molar-refractivity contribution in [1.29, 1.82) is 10.5 Å². The molecular weight excluding hydrogens is 406 g/mol. The van der Waals surface area contributed by atoms with Gasteiger partial charge in [-0.15, -0.1) is 0 Å². The lowest BCUT2D eigenvalue weighted by Crippen LogP contribution is -2.58. The van der Waals surface area contributed by atoms with Crippen LogP contribution in [0.5, 0.6) is 0 Å². The molecule has 2 aliphatic rings. The van der Waals surface area contributed by atoms with E-state index in [9.17, 15) is 14.9 Å². The van der Waals surface area contributed by atoms with Crippen molar-refractivity contribution in [2.75, 3.05) is 18.1 Å². The van der Waals surface area contributed by atoms with Crippen LogP contribution in [0.3, 0.4) is 0 Å². The van der Waals surface area contributed by atoms with E-state index in [1.165, 1.54) is 0 Å². The SMILES string of the molecule is N#Cc1ccc(N2Cc3cc(C[C@H](C#N)NC(=O)C4(N)CCOCC4)ccc3C2=O)cc1. The van der Waals surface area contributed by atoms with Gasteiger partial charge >= 0.3 is 0 Å². The molecule has 1 atom stereocenters. The number of rotatable bonds is 5. The van der Waals surface area contributed by atoms with Gasteiger partial charge in [-0.1, -0.05) is 12.1 Å². The fourth-order valence-corrected chi connectivity index (χ4v) is 4.05. The zero-order chi connectivity index (χ0) is 22.7. The van der Waals surface area contributed by atoms with E-state index < -0.39 is 11.6 Å². The maximum absolute atomic E-state index is 12.8. The number of nitriles is 2. The summed E-state index contributed by atoms with van der Waals surface area (Å²) in [6, 6.07) is 15.8. The molecule has 2 heterocycles. The Morgan fingerprint density at radius 1 is 1.19 bits per heavy atom. The van der Waals surface area contributed by atoms with Crippen molar-refractivity contribution in [2.45, 2.75) is 37.4 Å². The van der Waals surface area contributed by atoms with Crippen LogP contribution in [0.2, 0.25) is 0 Å². The monoisotopic (exact) mass is 429 g/mol. The van der Waals surface area contributed by atoms with Crippen LogP contribution in [0.4, 0.5) is 5.69 Å². The maximum Gasteiger partial charge on any atom is 0.258 e. The molecule has 0 aromatic heterocycles. The summed E-state index contributed by atoms with van der Waals surface area (Å²) in [5.74, 6) is -0.443. The van der Waals surface area contributed by atoms with Gasteiger partial charge in [0.2, 0.25) is 5.91 Å². The largest absolute Gasteiger partial charge is 0.381 e. The van der Waals surface area contributed by atoms with Crippen molar-refractivity contribution in [3.05, 3.63) is 64.7 Å². The Bertz CT molecular complexity index is 1120. The summed E-state index contributed by atoms with van der Waals surface area (Å²) in [5.41, 5.74) is 8.77. The smallest absolute Gasteiger partial charge is 0.258 e. The predicted molar refractivity (Wildman–Crippen MR) is 116 cm³/mol. The molecule has 1 saturated heterocycles. The van der Waals surface area contributed by atoms with Crippen LogP contribution < -0.4 is 16.0 Å². The minimum Gasteiger partial charge on any atom is -0.381 e. The first-order chi connectivity index (χ1) is 15.4.